The van der Waals surface area contributed by atoms with E-state index >= 15 is 0 Å². The van der Waals surface area contributed by atoms with Gasteiger partial charge < -0.3 is 21.5 Å². The standard InChI is InChI=1S/C35H31ClN10O22S7/c36-33-40-34(38-18-1-4-20(5-2-18)71(50,51)14-12-64-75(60,61)62)42-35(41-33)39-19-3-10-28(73(54,55)56)26(15-19)44-46-31-27(69-67-65-48)17-23-22(32(31)47)7-8-24(37)30(23)45-43-25-9-6-21(16-29(25)74(57,58)59)72(52,53)13-11-63-70-68-66-49/h1-10,15-17,47-49H,11-14,37H2,(H,54,55,56)(H,57,58,59)(H,60,61,62)(H2,38,39,40,41,42). The fourth-order valence-electron chi connectivity index (χ4n) is 5.98. The van der Waals surface area contributed by atoms with Crippen LogP contribution in [0.15, 0.2) is 124 Å². The second-order valence-corrected chi connectivity index (χ2v) is 23.7. The summed E-state index contributed by atoms with van der Waals surface area (Å²) in [5.74, 6) is -2.73. The van der Waals surface area contributed by atoms with E-state index in [9.17, 15) is 56.3 Å². The van der Waals surface area contributed by atoms with Gasteiger partial charge in [0.1, 0.15) is 32.5 Å². The van der Waals surface area contributed by atoms with Gasteiger partial charge in [-0.25, -0.2) is 31.5 Å². The van der Waals surface area contributed by atoms with Gasteiger partial charge in [-0.3, -0.25) is 17.8 Å². The molecule has 0 unspecified atom stereocenters. The lowest BCUT2D eigenvalue weighted by Crippen LogP contribution is -2.15. The van der Waals surface area contributed by atoms with E-state index in [4.69, 9.17) is 36.6 Å². The predicted molar refractivity (Wildman–Crippen MR) is 259 cm³/mol. The zero-order chi connectivity index (χ0) is 54.9. The monoisotopic (exact) mass is 1200 g/mol. The molecule has 10 N–H and O–H groups in total. The van der Waals surface area contributed by atoms with Crippen molar-refractivity contribution < 1.29 is 98.5 Å². The molecule has 0 atom stereocenters. The van der Waals surface area contributed by atoms with Crippen molar-refractivity contribution >= 4 is 149 Å². The molecule has 5 aromatic carbocycles. The largest absolute Gasteiger partial charge is 0.505 e. The van der Waals surface area contributed by atoms with Crippen molar-refractivity contribution in [3.8, 4) is 5.75 Å². The van der Waals surface area contributed by atoms with Crippen molar-refractivity contribution in [2.45, 2.75) is 24.5 Å². The minimum Gasteiger partial charge on any atom is -0.505 e. The molecule has 0 aliphatic rings. The van der Waals surface area contributed by atoms with Gasteiger partial charge in [0.15, 0.2) is 37.7 Å². The molecule has 0 bridgehead atoms. The minimum atomic E-state index is -5.19. The number of anilines is 5. The van der Waals surface area contributed by atoms with Gasteiger partial charge >= 0.3 is 10.4 Å². The van der Waals surface area contributed by atoms with Crippen LogP contribution in [0.25, 0.3) is 10.8 Å². The Morgan fingerprint density at radius 3 is 1.84 bits per heavy atom. The van der Waals surface area contributed by atoms with Crippen molar-refractivity contribution in [2.75, 3.05) is 41.1 Å². The lowest BCUT2D eigenvalue weighted by Gasteiger charge is -2.12. The van der Waals surface area contributed by atoms with Crippen LogP contribution in [0, 0.1) is 0 Å². The number of sulfone groups is 2. The van der Waals surface area contributed by atoms with Crippen molar-refractivity contribution in [3.63, 3.8) is 0 Å². The van der Waals surface area contributed by atoms with Gasteiger partial charge in [0.2, 0.25) is 17.2 Å². The highest BCUT2D eigenvalue weighted by Crippen LogP contribution is 2.48. The fourth-order valence-corrected chi connectivity index (χ4v) is 10.9. The highest BCUT2D eigenvalue weighted by atomic mass is 35.5. The van der Waals surface area contributed by atoms with Crippen molar-refractivity contribution in [1.29, 1.82) is 0 Å². The summed E-state index contributed by atoms with van der Waals surface area (Å²) >= 11 is 6.43. The number of aromatic hydroxyl groups is 1. The summed E-state index contributed by atoms with van der Waals surface area (Å²) in [6.07, 6.45) is 0. The van der Waals surface area contributed by atoms with Crippen molar-refractivity contribution in [3.05, 3.63) is 84.1 Å². The number of halogens is 1. The number of aromatic nitrogens is 3. The molecular weight excluding hydrogens is 1170 g/mol. The molecule has 32 nitrogen and oxygen atoms in total. The van der Waals surface area contributed by atoms with E-state index in [-0.39, 0.29) is 84.9 Å². The van der Waals surface area contributed by atoms with Crippen LogP contribution in [0.5, 0.6) is 5.75 Å². The number of benzene rings is 5. The maximum absolute atomic E-state index is 12.9. The van der Waals surface area contributed by atoms with Crippen LogP contribution in [0.3, 0.4) is 0 Å². The smallest absolute Gasteiger partial charge is 0.397 e. The zero-order valence-electron chi connectivity index (χ0n) is 36.5. The topological polar surface area (TPSA) is 486 Å². The molecule has 402 valence electrons. The SMILES string of the molecule is Nc1ccc2c(O)c(N=Nc3cc(Nc4nc(Cl)nc(Nc5ccc(S(=O)(=O)CCOS(=O)(=O)O)cc5)n4)ccc3S(=O)(=O)O)c(SOOO)cc2c1N=Nc1ccc(S(=O)(=O)CCOSOOO)cc1S(=O)(=O)O. The molecule has 0 saturated carbocycles. The van der Waals surface area contributed by atoms with Gasteiger partial charge in [-0.2, -0.15) is 40.2 Å². The van der Waals surface area contributed by atoms with Gasteiger partial charge in [-0.05, 0) is 90.5 Å². The molecule has 1 heterocycles. The number of nitrogens with zero attached hydrogens (tertiary/aromatic N) is 7. The highest BCUT2D eigenvalue weighted by molar-refractivity contribution is 7.94. The van der Waals surface area contributed by atoms with Crippen LogP contribution in [0.4, 0.5) is 51.7 Å². The van der Waals surface area contributed by atoms with Crippen molar-refractivity contribution in [1.82, 2.24) is 15.0 Å². The Bertz CT molecular complexity index is 3770. The molecule has 6 rings (SSSR count). The normalized spacial score (nSPS) is 12.8. The van der Waals surface area contributed by atoms with E-state index in [1.54, 1.807) is 0 Å². The zero-order valence-corrected chi connectivity index (χ0v) is 43.0. The molecule has 0 aliphatic carbocycles. The Morgan fingerprint density at radius 2 is 1.20 bits per heavy atom. The van der Waals surface area contributed by atoms with Crippen LogP contribution < -0.4 is 16.4 Å². The number of nitrogens with two attached hydrogens (primary N) is 1. The van der Waals surface area contributed by atoms with E-state index in [1.165, 1.54) is 42.5 Å². The summed E-state index contributed by atoms with van der Waals surface area (Å²) < 4.78 is 168. The summed E-state index contributed by atoms with van der Waals surface area (Å²) in [5, 5.41) is 56.5. The first-order chi connectivity index (χ1) is 35.2. The number of hydrogen-bond acceptors (Lipinski definition) is 31. The summed E-state index contributed by atoms with van der Waals surface area (Å²) in [5.41, 5.74) is 4.30. The van der Waals surface area contributed by atoms with Gasteiger partial charge in [-0.1, -0.05) is 10.1 Å². The molecule has 1 aromatic heterocycles. The number of fused-ring (bicyclic) bond motifs is 1. The van der Waals surface area contributed by atoms with E-state index in [1.807, 2.05) is 0 Å². The quantitative estimate of drug-likeness (QED) is 0.00556. The summed E-state index contributed by atoms with van der Waals surface area (Å²) in [4.78, 5) is 9.17. The third-order valence-electron chi connectivity index (χ3n) is 9.17. The average molecular weight is 1200 g/mol. The first-order valence-corrected chi connectivity index (χ1v) is 28.7. The van der Waals surface area contributed by atoms with Gasteiger partial charge in [0.05, 0.1) is 57.1 Å². The van der Waals surface area contributed by atoms with Crippen LogP contribution in [-0.2, 0) is 77.4 Å². The molecule has 0 saturated heterocycles. The molecule has 0 aliphatic heterocycles. The van der Waals surface area contributed by atoms with Gasteiger partial charge in [-0.15, -0.1) is 29.1 Å². The Labute approximate surface area is 435 Å². The maximum Gasteiger partial charge on any atom is 0.397 e. The number of nitrogens with one attached hydrogen (secondary N) is 2. The maximum atomic E-state index is 12.9. The number of phenols is 1. The Hall–Kier alpha value is -5.93. The molecule has 40 heteroatoms. The number of rotatable bonds is 25. The summed E-state index contributed by atoms with van der Waals surface area (Å²) in [6.45, 7) is -1.38. The summed E-state index contributed by atoms with van der Waals surface area (Å²) in [6, 6.07) is 14.1. The first kappa shape index (κ1) is 58.3. The van der Waals surface area contributed by atoms with E-state index in [0.29, 0.717) is 6.07 Å². The molecule has 0 radical (unpaired) electrons. The number of hydrogen-bond donors (Lipinski definition) is 9. The second kappa shape index (κ2) is 24.4. The molecule has 0 amide bonds. The first-order valence-electron chi connectivity index (χ1n) is 19.4. The van der Waals surface area contributed by atoms with E-state index in [0.717, 1.165) is 30.3 Å². The average Bonchev–Trinajstić information content (AvgIpc) is 3.31. The molecule has 6 aromatic rings. The molecule has 0 fully saturated rings. The third kappa shape index (κ3) is 15.8. The minimum absolute atomic E-state index is 0.0177. The lowest BCUT2D eigenvalue weighted by atomic mass is 10.1. The predicted octanol–water partition coefficient (Wildman–Crippen LogP) is 6.57. The molecule has 75 heavy (non-hydrogen) atoms. The van der Waals surface area contributed by atoms with Gasteiger partial charge in [0.25, 0.3) is 20.2 Å². The second-order valence-electron chi connectivity index (χ2n) is 14.0. The van der Waals surface area contributed by atoms with Crippen LogP contribution in [0.1, 0.15) is 0 Å². The van der Waals surface area contributed by atoms with Crippen LogP contribution in [0.2, 0.25) is 5.28 Å². The van der Waals surface area contributed by atoms with E-state index < -0.39 is 113 Å². The summed E-state index contributed by atoms with van der Waals surface area (Å²) in [7, 11) is -23.4. The lowest BCUT2D eigenvalue weighted by molar-refractivity contribution is -0.434. The Balaban J connectivity index is 1.31. The number of nitrogen functional groups attached to an aromatic ring is 1. The molecule has 0 spiro atoms. The fraction of sp³-hybridized carbons (Fsp3) is 0.114. The van der Waals surface area contributed by atoms with E-state index in [2.05, 4.69) is 69.0 Å². The Kier molecular flexibility index (Phi) is 19.0. The Morgan fingerprint density at radius 1 is 0.613 bits per heavy atom. The number of azo groups is 2. The molecular formula is C35H31ClN10O22S7. The third-order valence-corrected chi connectivity index (χ3v) is 16.0. The van der Waals surface area contributed by atoms with Crippen LogP contribution in [-0.4, -0.2) is 111 Å². The highest BCUT2D eigenvalue weighted by Gasteiger charge is 2.25. The number of phenolic OH excluding ortho intramolecular Hbond substituents is 1. The van der Waals surface area contributed by atoms with Gasteiger partial charge in [0, 0.05) is 22.1 Å². The van der Waals surface area contributed by atoms with Crippen LogP contribution >= 0.6 is 36.0 Å². The van der Waals surface area contributed by atoms with Crippen molar-refractivity contribution in [2.24, 2.45) is 20.5 Å².